The van der Waals surface area contributed by atoms with Gasteiger partial charge in [0.2, 0.25) is 0 Å². The van der Waals surface area contributed by atoms with Gasteiger partial charge in [-0.05, 0) is 29.8 Å². The maximum atomic E-state index is 13.0. The van der Waals surface area contributed by atoms with Crippen LogP contribution in [0.25, 0.3) is 5.76 Å². The van der Waals surface area contributed by atoms with E-state index in [0.717, 1.165) is 4.47 Å². The molecule has 0 aliphatic carbocycles. The molecule has 1 aliphatic rings. The van der Waals surface area contributed by atoms with Gasteiger partial charge in [-0.2, -0.15) is 0 Å². The van der Waals surface area contributed by atoms with Crippen LogP contribution in [0.3, 0.4) is 0 Å². The van der Waals surface area contributed by atoms with E-state index in [0.29, 0.717) is 22.0 Å². The molecule has 1 amide bonds. The molecule has 8 heteroatoms. The molecule has 1 unspecified atom stereocenters. The Morgan fingerprint density at radius 1 is 1.21 bits per heavy atom. The highest BCUT2D eigenvalue weighted by Gasteiger charge is 2.48. The van der Waals surface area contributed by atoms with Crippen molar-refractivity contribution in [1.29, 1.82) is 0 Å². The predicted molar refractivity (Wildman–Crippen MR) is 114 cm³/mol. The Morgan fingerprint density at radius 2 is 2.00 bits per heavy atom. The normalized spacial score (nSPS) is 18.3. The van der Waals surface area contributed by atoms with Crippen molar-refractivity contribution in [2.24, 2.45) is 0 Å². The number of amides is 1. The Balaban J connectivity index is 1.95. The minimum absolute atomic E-state index is 0.0107. The second-order valence-electron chi connectivity index (χ2n) is 6.27. The van der Waals surface area contributed by atoms with E-state index in [9.17, 15) is 14.7 Å². The Morgan fingerprint density at radius 3 is 2.69 bits per heavy atom. The average Bonchev–Trinajstić information content (AvgIpc) is 3.34. The fraction of sp³-hybridized carbons (Fsp3) is 0.0952. The van der Waals surface area contributed by atoms with Crippen LogP contribution in [0.1, 0.15) is 17.2 Å². The van der Waals surface area contributed by atoms with Crippen LogP contribution in [0, 0.1) is 0 Å². The summed E-state index contributed by atoms with van der Waals surface area (Å²) in [7, 11) is 1.52. The molecule has 1 aliphatic heterocycles. The van der Waals surface area contributed by atoms with Crippen LogP contribution in [-0.2, 0) is 9.59 Å². The van der Waals surface area contributed by atoms with E-state index in [1.54, 1.807) is 41.9 Å². The average molecular weight is 471 g/mol. The fourth-order valence-electron chi connectivity index (χ4n) is 3.28. The molecular formula is C21H15BrN2O4S. The molecule has 0 saturated carbocycles. The van der Waals surface area contributed by atoms with Gasteiger partial charge in [0.05, 0.1) is 18.7 Å². The number of aliphatic hydroxyl groups is 1. The van der Waals surface area contributed by atoms with Crippen molar-refractivity contribution in [2.45, 2.75) is 6.04 Å². The van der Waals surface area contributed by atoms with Gasteiger partial charge in [0.1, 0.15) is 11.5 Å². The second kappa shape index (κ2) is 7.81. The molecule has 0 spiro atoms. The third-order valence-corrected chi connectivity index (χ3v) is 5.84. The molecule has 2 aromatic carbocycles. The van der Waals surface area contributed by atoms with Crippen molar-refractivity contribution in [3.05, 3.63) is 81.3 Å². The van der Waals surface area contributed by atoms with Crippen LogP contribution in [0.2, 0.25) is 0 Å². The maximum absolute atomic E-state index is 13.0. The standard InChI is InChI=1S/C21H15BrN2O4S/c1-28-15-7-3-5-13(11-15)18(25)16-17(12-4-2-6-14(22)10-12)24(20(27)19(16)26)21-23-8-9-29-21/h2-11,17,25H,1H3. The summed E-state index contributed by atoms with van der Waals surface area (Å²) in [4.78, 5) is 31.4. The van der Waals surface area contributed by atoms with Crippen LogP contribution in [0.15, 0.2) is 70.2 Å². The number of benzene rings is 2. The first-order chi connectivity index (χ1) is 14.0. The number of anilines is 1. The molecule has 4 rings (SSSR count). The van der Waals surface area contributed by atoms with Gasteiger partial charge in [-0.15, -0.1) is 11.3 Å². The summed E-state index contributed by atoms with van der Waals surface area (Å²) in [6.45, 7) is 0. The number of halogens is 1. The zero-order chi connectivity index (χ0) is 20.5. The SMILES string of the molecule is COc1cccc(C(O)=C2C(=O)C(=O)N(c3nccs3)C2c2cccc(Br)c2)c1. The van der Waals surface area contributed by atoms with Gasteiger partial charge in [0.25, 0.3) is 5.78 Å². The monoisotopic (exact) mass is 470 g/mol. The lowest BCUT2D eigenvalue weighted by molar-refractivity contribution is -0.132. The number of methoxy groups -OCH3 is 1. The van der Waals surface area contributed by atoms with Crippen molar-refractivity contribution in [3.8, 4) is 5.75 Å². The van der Waals surface area contributed by atoms with E-state index in [2.05, 4.69) is 20.9 Å². The van der Waals surface area contributed by atoms with E-state index < -0.39 is 17.7 Å². The predicted octanol–water partition coefficient (Wildman–Crippen LogP) is 4.54. The lowest BCUT2D eigenvalue weighted by Gasteiger charge is -2.23. The number of thiazole rings is 1. The van der Waals surface area contributed by atoms with Crippen molar-refractivity contribution in [3.63, 3.8) is 0 Å². The number of ketones is 1. The summed E-state index contributed by atoms with van der Waals surface area (Å²) in [6.07, 6.45) is 1.57. The van der Waals surface area contributed by atoms with E-state index in [1.807, 2.05) is 18.2 Å². The fourth-order valence-corrected chi connectivity index (χ4v) is 4.37. The van der Waals surface area contributed by atoms with Crippen LogP contribution >= 0.6 is 27.3 Å². The number of aromatic nitrogens is 1. The number of hydrogen-bond acceptors (Lipinski definition) is 6. The summed E-state index contributed by atoms with van der Waals surface area (Å²) >= 11 is 4.68. The number of carbonyl (C=O) groups excluding carboxylic acids is 2. The van der Waals surface area contributed by atoms with Gasteiger partial charge < -0.3 is 9.84 Å². The summed E-state index contributed by atoms with van der Waals surface area (Å²) < 4.78 is 6.01. The topological polar surface area (TPSA) is 79.7 Å². The molecule has 6 nitrogen and oxygen atoms in total. The first kappa shape index (κ1) is 19.4. The number of aliphatic hydroxyl groups excluding tert-OH is 1. The lowest BCUT2D eigenvalue weighted by atomic mass is 9.95. The van der Waals surface area contributed by atoms with Crippen molar-refractivity contribution in [2.75, 3.05) is 12.0 Å². The van der Waals surface area contributed by atoms with Crippen LogP contribution in [0.5, 0.6) is 5.75 Å². The first-order valence-corrected chi connectivity index (χ1v) is 10.3. The van der Waals surface area contributed by atoms with E-state index in [4.69, 9.17) is 4.74 Å². The third-order valence-electron chi connectivity index (χ3n) is 4.58. The minimum atomic E-state index is -0.801. The molecule has 0 radical (unpaired) electrons. The molecule has 3 aromatic rings. The Bertz CT molecular complexity index is 1130. The van der Waals surface area contributed by atoms with Gasteiger partial charge in [-0.25, -0.2) is 4.98 Å². The van der Waals surface area contributed by atoms with E-state index in [1.165, 1.54) is 23.3 Å². The van der Waals surface area contributed by atoms with Crippen molar-refractivity contribution < 1.29 is 19.4 Å². The van der Waals surface area contributed by atoms with Gasteiger partial charge in [0.15, 0.2) is 5.13 Å². The number of carbonyl (C=O) groups is 2. The number of Topliss-reactive ketones (excluding diaryl/α,β-unsaturated/α-hetero) is 1. The summed E-state index contributed by atoms with van der Waals surface area (Å²) in [5.74, 6) is -1.21. The Hall–Kier alpha value is -2.97. The van der Waals surface area contributed by atoms with E-state index >= 15 is 0 Å². The van der Waals surface area contributed by atoms with Gasteiger partial charge in [0, 0.05) is 21.6 Å². The highest BCUT2D eigenvalue weighted by atomic mass is 79.9. The highest BCUT2D eigenvalue weighted by Crippen LogP contribution is 2.43. The largest absolute Gasteiger partial charge is 0.507 e. The molecule has 1 aromatic heterocycles. The molecular weight excluding hydrogens is 456 g/mol. The Kier molecular flexibility index (Phi) is 5.21. The number of hydrogen-bond donors (Lipinski definition) is 1. The molecule has 1 saturated heterocycles. The van der Waals surface area contributed by atoms with E-state index in [-0.39, 0.29) is 11.3 Å². The van der Waals surface area contributed by atoms with Crippen LogP contribution < -0.4 is 9.64 Å². The summed E-state index contributed by atoms with van der Waals surface area (Å²) in [5.41, 5.74) is 1.08. The molecule has 146 valence electrons. The maximum Gasteiger partial charge on any atom is 0.301 e. The number of rotatable bonds is 4. The summed E-state index contributed by atoms with van der Waals surface area (Å²) in [6, 6.07) is 13.2. The molecule has 1 N–H and O–H groups in total. The van der Waals surface area contributed by atoms with Crippen molar-refractivity contribution in [1.82, 2.24) is 4.98 Å². The van der Waals surface area contributed by atoms with Gasteiger partial charge >= 0.3 is 5.91 Å². The molecule has 2 heterocycles. The Labute approximate surface area is 179 Å². The highest BCUT2D eigenvalue weighted by molar-refractivity contribution is 9.10. The molecule has 29 heavy (non-hydrogen) atoms. The van der Waals surface area contributed by atoms with Gasteiger partial charge in [-0.1, -0.05) is 40.2 Å². The molecule has 0 bridgehead atoms. The lowest BCUT2D eigenvalue weighted by Crippen LogP contribution is -2.29. The van der Waals surface area contributed by atoms with Crippen LogP contribution in [-0.4, -0.2) is 28.9 Å². The molecule has 1 fully saturated rings. The second-order valence-corrected chi connectivity index (χ2v) is 8.06. The smallest absolute Gasteiger partial charge is 0.301 e. The third kappa shape index (κ3) is 3.45. The zero-order valence-corrected chi connectivity index (χ0v) is 17.6. The number of nitrogens with zero attached hydrogens (tertiary/aromatic N) is 2. The molecule has 1 atom stereocenters. The van der Waals surface area contributed by atoms with Crippen LogP contribution in [0.4, 0.5) is 5.13 Å². The number of ether oxygens (including phenoxy) is 1. The quantitative estimate of drug-likeness (QED) is 0.344. The minimum Gasteiger partial charge on any atom is -0.507 e. The van der Waals surface area contributed by atoms with Crippen molar-refractivity contribution >= 4 is 49.8 Å². The first-order valence-electron chi connectivity index (χ1n) is 8.61. The summed E-state index contributed by atoms with van der Waals surface area (Å²) in [5, 5.41) is 13.2. The van der Waals surface area contributed by atoms with Gasteiger partial charge in [-0.3, -0.25) is 14.5 Å². The zero-order valence-electron chi connectivity index (χ0n) is 15.2.